The Morgan fingerprint density at radius 2 is 2.16 bits per heavy atom. The fraction of sp³-hybridized carbons (Fsp3) is 0.538. The molecular formula is C13H17N5O. The van der Waals surface area contributed by atoms with E-state index in [9.17, 15) is 10.1 Å². The highest BCUT2D eigenvalue weighted by atomic mass is 16.2. The molecule has 6 nitrogen and oxygen atoms in total. The molecule has 1 aliphatic heterocycles. The topological polar surface area (TPSA) is 81.9 Å². The standard InChI is InChI=1S/C13H17N5O/c1-8-9(2)16-17-13(11(8)7-14)15-10-4-5-18(3)12(19)6-10/h10H,4-6H2,1-3H3,(H,15,17). The summed E-state index contributed by atoms with van der Waals surface area (Å²) in [7, 11) is 1.80. The maximum absolute atomic E-state index is 11.7. The molecule has 1 fully saturated rings. The van der Waals surface area contributed by atoms with Crippen molar-refractivity contribution in [1.82, 2.24) is 15.1 Å². The van der Waals surface area contributed by atoms with Gasteiger partial charge in [0, 0.05) is 26.1 Å². The normalized spacial score (nSPS) is 19.2. The van der Waals surface area contributed by atoms with Crippen LogP contribution in [0.2, 0.25) is 0 Å². The molecule has 0 bridgehead atoms. The lowest BCUT2D eigenvalue weighted by atomic mass is 10.0. The molecule has 1 aliphatic rings. The zero-order valence-corrected chi connectivity index (χ0v) is 11.4. The van der Waals surface area contributed by atoms with Gasteiger partial charge in [0.25, 0.3) is 0 Å². The quantitative estimate of drug-likeness (QED) is 0.856. The molecule has 0 saturated carbocycles. The minimum Gasteiger partial charge on any atom is -0.364 e. The van der Waals surface area contributed by atoms with E-state index < -0.39 is 0 Å². The van der Waals surface area contributed by atoms with Crippen LogP contribution in [0, 0.1) is 25.2 Å². The zero-order chi connectivity index (χ0) is 14.0. The summed E-state index contributed by atoms with van der Waals surface area (Å²) >= 11 is 0. The van der Waals surface area contributed by atoms with Gasteiger partial charge in [0.2, 0.25) is 5.91 Å². The lowest BCUT2D eigenvalue weighted by Crippen LogP contribution is -2.41. The molecule has 2 rings (SSSR count). The highest BCUT2D eigenvalue weighted by Crippen LogP contribution is 2.21. The molecule has 0 radical (unpaired) electrons. The van der Waals surface area contributed by atoms with Crippen molar-refractivity contribution in [2.75, 3.05) is 18.9 Å². The number of hydrogen-bond donors (Lipinski definition) is 1. The minimum absolute atomic E-state index is 0.0206. The number of anilines is 1. The van der Waals surface area contributed by atoms with Crippen molar-refractivity contribution in [3.63, 3.8) is 0 Å². The first-order valence-electron chi connectivity index (χ1n) is 6.27. The van der Waals surface area contributed by atoms with Crippen LogP contribution in [0.3, 0.4) is 0 Å². The van der Waals surface area contributed by atoms with Gasteiger partial charge in [-0.25, -0.2) is 0 Å². The molecule has 19 heavy (non-hydrogen) atoms. The van der Waals surface area contributed by atoms with E-state index in [0.29, 0.717) is 17.8 Å². The molecule has 6 heteroatoms. The van der Waals surface area contributed by atoms with Crippen molar-refractivity contribution in [2.24, 2.45) is 0 Å². The molecule has 1 amide bonds. The average molecular weight is 259 g/mol. The molecule has 0 aromatic carbocycles. The van der Waals surface area contributed by atoms with E-state index in [1.165, 1.54) is 0 Å². The van der Waals surface area contributed by atoms with E-state index in [1.807, 2.05) is 13.8 Å². The van der Waals surface area contributed by atoms with Crippen LogP contribution < -0.4 is 5.32 Å². The van der Waals surface area contributed by atoms with Crippen LogP contribution in [0.1, 0.15) is 29.7 Å². The Kier molecular flexibility index (Phi) is 3.65. The SMILES string of the molecule is Cc1nnc(NC2CCN(C)C(=O)C2)c(C#N)c1C. The Hall–Kier alpha value is -2.16. The lowest BCUT2D eigenvalue weighted by Gasteiger charge is -2.29. The molecule has 0 aliphatic carbocycles. The number of nitrogens with one attached hydrogen (secondary N) is 1. The Balaban J connectivity index is 2.19. The average Bonchev–Trinajstić information content (AvgIpc) is 2.39. The molecule has 1 N–H and O–H groups in total. The summed E-state index contributed by atoms with van der Waals surface area (Å²) in [6.07, 6.45) is 1.28. The second-order valence-corrected chi connectivity index (χ2v) is 4.90. The third-order valence-corrected chi connectivity index (χ3v) is 3.57. The second-order valence-electron chi connectivity index (χ2n) is 4.90. The first kappa shape index (κ1) is 13.3. The number of carbonyl (C=O) groups is 1. The highest BCUT2D eigenvalue weighted by molar-refractivity contribution is 5.78. The Bertz CT molecular complexity index is 549. The fourth-order valence-electron chi connectivity index (χ4n) is 2.11. The summed E-state index contributed by atoms with van der Waals surface area (Å²) in [6.45, 7) is 4.40. The first-order chi connectivity index (χ1) is 9.02. The van der Waals surface area contributed by atoms with Gasteiger partial charge in [0.15, 0.2) is 5.82 Å². The van der Waals surface area contributed by atoms with Crippen LogP contribution in [0.4, 0.5) is 5.82 Å². The van der Waals surface area contributed by atoms with E-state index in [4.69, 9.17) is 0 Å². The lowest BCUT2D eigenvalue weighted by molar-refractivity contribution is -0.132. The van der Waals surface area contributed by atoms with E-state index in [2.05, 4.69) is 21.6 Å². The number of aromatic nitrogens is 2. The van der Waals surface area contributed by atoms with Gasteiger partial charge in [-0.05, 0) is 25.8 Å². The highest BCUT2D eigenvalue weighted by Gasteiger charge is 2.24. The van der Waals surface area contributed by atoms with Gasteiger partial charge in [-0.3, -0.25) is 4.79 Å². The van der Waals surface area contributed by atoms with Crippen LogP contribution in [-0.2, 0) is 4.79 Å². The van der Waals surface area contributed by atoms with Gasteiger partial charge in [-0.15, -0.1) is 5.10 Å². The minimum atomic E-state index is 0.0206. The van der Waals surface area contributed by atoms with Gasteiger partial charge in [-0.1, -0.05) is 0 Å². The molecule has 1 aromatic heterocycles. The van der Waals surface area contributed by atoms with Gasteiger partial charge in [0.05, 0.1) is 5.69 Å². The number of rotatable bonds is 2. The molecule has 2 heterocycles. The number of carbonyl (C=O) groups excluding carboxylic acids is 1. The van der Waals surface area contributed by atoms with Gasteiger partial charge < -0.3 is 10.2 Å². The van der Waals surface area contributed by atoms with Crippen LogP contribution in [-0.4, -0.2) is 40.6 Å². The summed E-state index contributed by atoms with van der Waals surface area (Å²) in [5, 5.41) is 20.5. The smallest absolute Gasteiger partial charge is 0.224 e. The molecular weight excluding hydrogens is 242 g/mol. The predicted octanol–water partition coefficient (Wildman–Crippen LogP) is 0.998. The van der Waals surface area contributed by atoms with Crippen molar-refractivity contribution in [2.45, 2.75) is 32.7 Å². The van der Waals surface area contributed by atoms with Crippen LogP contribution >= 0.6 is 0 Å². The molecule has 100 valence electrons. The van der Waals surface area contributed by atoms with Gasteiger partial charge in [0.1, 0.15) is 11.6 Å². The largest absolute Gasteiger partial charge is 0.364 e. The summed E-state index contributed by atoms with van der Waals surface area (Å²) < 4.78 is 0. The van der Waals surface area contributed by atoms with E-state index in [-0.39, 0.29) is 11.9 Å². The van der Waals surface area contributed by atoms with Crippen molar-refractivity contribution in [3.05, 3.63) is 16.8 Å². The summed E-state index contributed by atoms with van der Waals surface area (Å²) in [6, 6.07) is 2.17. The van der Waals surface area contributed by atoms with E-state index in [1.54, 1.807) is 11.9 Å². The Morgan fingerprint density at radius 1 is 1.42 bits per heavy atom. The van der Waals surface area contributed by atoms with Gasteiger partial charge >= 0.3 is 0 Å². The number of nitriles is 1. The maximum atomic E-state index is 11.7. The number of piperidine rings is 1. The second kappa shape index (κ2) is 5.22. The Labute approximate surface area is 112 Å². The van der Waals surface area contributed by atoms with Gasteiger partial charge in [-0.2, -0.15) is 10.4 Å². The summed E-state index contributed by atoms with van der Waals surface area (Å²) in [4.78, 5) is 13.4. The zero-order valence-electron chi connectivity index (χ0n) is 11.4. The number of nitrogens with zero attached hydrogens (tertiary/aromatic N) is 4. The maximum Gasteiger partial charge on any atom is 0.224 e. The summed E-state index contributed by atoms with van der Waals surface area (Å²) in [5.74, 6) is 0.590. The monoisotopic (exact) mass is 259 g/mol. The third-order valence-electron chi connectivity index (χ3n) is 3.57. The summed E-state index contributed by atoms with van der Waals surface area (Å²) in [5.41, 5.74) is 2.10. The third kappa shape index (κ3) is 2.65. The van der Waals surface area contributed by atoms with E-state index in [0.717, 1.165) is 24.2 Å². The molecule has 1 saturated heterocycles. The van der Waals surface area contributed by atoms with Crippen molar-refractivity contribution in [1.29, 1.82) is 5.26 Å². The molecule has 1 unspecified atom stereocenters. The number of aryl methyl sites for hydroxylation is 1. The van der Waals surface area contributed by atoms with Crippen LogP contribution in [0.5, 0.6) is 0 Å². The molecule has 1 atom stereocenters. The number of amides is 1. The molecule has 1 aromatic rings. The molecule has 0 spiro atoms. The van der Waals surface area contributed by atoms with Crippen LogP contribution in [0.25, 0.3) is 0 Å². The number of likely N-dealkylation sites (tertiary alicyclic amines) is 1. The first-order valence-corrected chi connectivity index (χ1v) is 6.27. The van der Waals surface area contributed by atoms with E-state index >= 15 is 0 Å². The predicted molar refractivity (Wildman–Crippen MR) is 70.5 cm³/mol. The van der Waals surface area contributed by atoms with Crippen LogP contribution in [0.15, 0.2) is 0 Å². The van der Waals surface area contributed by atoms with Crippen molar-refractivity contribution >= 4 is 11.7 Å². The fourth-order valence-corrected chi connectivity index (χ4v) is 2.11. The van der Waals surface area contributed by atoms with Crippen molar-refractivity contribution in [3.8, 4) is 6.07 Å². The Morgan fingerprint density at radius 3 is 2.79 bits per heavy atom. The van der Waals surface area contributed by atoms with Crippen molar-refractivity contribution < 1.29 is 4.79 Å². The number of hydrogen-bond acceptors (Lipinski definition) is 5.